The maximum atomic E-state index is 13.1. The number of nitrogens with zero attached hydrogens (tertiary/aromatic N) is 2. The molecule has 0 aromatic heterocycles. The summed E-state index contributed by atoms with van der Waals surface area (Å²) in [6, 6.07) is 8.26. The number of morpholine rings is 1. The Morgan fingerprint density at radius 3 is 2.43 bits per heavy atom. The second-order valence-corrected chi connectivity index (χ2v) is 6.42. The molecule has 2 aromatic rings. The fraction of sp³-hybridized carbons (Fsp3) is 0.316. The van der Waals surface area contributed by atoms with Crippen molar-refractivity contribution in [2.75, 3.05) is 43.1 Å². The third kappa shape index (κ3) is 5.38. The first-order valence-electron chi connectivity index (χ1n) is 8.95. The van der Waals surface area contributed by atoms with Crippen molar-refractivity contribution in [2.24, 2.45) is 0 Å². The summed E-state index contributed by atoms with van der Waals surface area (Å²) in [5.74, 6) is -0.449. The minimum absolute atomic E-state index is 0.0176. The zero-order valence-electron chi connectivity index (χ0n) is 15.6. The molecule has 8 nitrogen and oxygen atoms in total. The summed E-state index contributed by atoms with van der Waals surface area (Å²) in [5.41, 5.74) is -0.545. The Morgan fingerprint density at radius 2 is 1.83 bits per heavy atom. The lowest BCUT2D eigenvalue weighted by molar-refractivity contribution is -0.384. The maximum absolute atomic E-state index is 13.1. The number of hydrogen-bond acceptors (Lipinski definition) is 6. The van der Waals surface area contributed by atoms with Crippen LogP contribution in [-0.4, -0.2) is 43.7 Å². The van der Waals surface area contributed by atoms with Crippen molar-refractivity contribution in [3.63, 3.8) is 0 Å². The van der Waals surface area contributed by atoms with E-state index in [1.54, 1.807) is 0 Å². The molecule has 11 heteroatoms. The number of carbonyl (C=O) groups is 1. The van der Waals surface area contributed by atoms with Crippen LogP contribution in [0.1, 0.15) is 5.56 Å². The lowest BCUT2D eigenvalue weighted by Crippen LogP contribution is -2.37. The molecule has 1 aliphatic rings. The normalized spacial score (nSPS) is 14.3. The summed E-state index contributed by atoms with van der Waals surface area (Å²) in [4.78, 5) is 24.2. The molecule has 0 unspecified atom stereocenters. The van der Waals surface area contributed by atoms with Crippen LogP contribution < -0.4 is 15.0 Å². The predicted molar refractivity (Wildman–Crippen MR) is 102 cm³/mol. The minimum Gasteiger partial charge on any atom is -0.484 e. The molecule has 160 valence electrons. The Balaban J connectivity index is 1.72. The summed E-state index contributed by atoms with van der Waals surface area (Å²) in [5, 5.41) is 13.1. The van der Waals surface area contributed by atoms with Gasteiger partial charge in [-0.3, -0.25) is 14.9 Å². The Kier molecular flexibility index (Phi) is 6.40. The van der Waals surface area contributed by atoms with Gasteiger partial charge in [0.25, 0.3) is 11.6 Å². The van der Waals surface area contributed by atoms with Crippen LogP contribution in [0.15, 0.2) is 42.5 Å². The van der Waals surface area contributed by atoms with E-state index >= 15 is 0 Å². The van der Waals surface area contributed by atoms with Crippen LogP contribution in [0.25, 0.3) is 0 Å². The molecule has 0 aliphatic carbocycles. The Morgan fingerprint density at radius 1 is 1.17 bits per heavy atom. The second kappa shape index (κ2) is 8.99. The van der Waals surface area contributed by atoms with Gasteiger partial charge >= 0.3 is 6.18 Å². The quantitative estimate of drug-likeness (QED) is 0.563. The summed E-state index contributed by atoms with van der Waals surface area (Å²) >= 11 is 0. The zero-order valence-corrected chi connectivity index (χ0v) is 15.6. The molecule has 0 spiro atoms. The van der Waals surface area contributed by atoms with E-state index in [1.807, 2.05) is 4.90 Å². The highest BCUT2D eigenvalue weighted by molar-refractivity contribution is 5.95. The predicted octanol–water partition coefficient (Wildman–Crippen LogP) is 3.47. The van der Waals surface area contributed by atoms with Crippen LogP contribution in [-0.2, 0) is 15.7 Å². The van der Waals surface area contributed by atoms with Gasteiger partial charge < -0.3 is 19.7 Å². The first-order valence-corrected chi connectivity index (χ1v) is 8.95. The van der Waals surface area contributed by atoms with Crippen molar-refractivity contribution in [3.05, 3.63) is 58.1 Å². The topological polar surface area (TPSA) is 93.9 Å². The number of non-ortho nitro benzene ring substituents is 1. The molecule has 0 saturated carbocycles. The molecular formula is C19H18F3N3O5. The molecule has 0 bridgehead atoms. The van der Waals surface area contributed by atoms with Gasteiger partial charge in [-0.25, -0.2) is 0 Å². The number of anilines is 2. The summed E-state index contributed by atoms with van der Waals surface area (Å²) in [6.07, 6.45) is -4.56. The van der Waals surface area contributed by atoms with Gasteiger partial charge in [0.15, 0.2) is 6.61 Å². The van der Waals surface area contributed by atoms with Gasteiger partial charge in [-0.2, -0.15) is 13.2 Å². The van der Waals surface area contributed by atoms with Gasteiger partial charge in [-0.15, -0.1) is 0 Å². The lowest BCUT2D eigenvalue weighted by atomic mass is 10.1. The Labute approximate surface area is 169 Å². The fourth-order valence-corrected chi connectivity index (χ4v) is 2.89. The number of nitrogens with one attached hydrogen (secondary N) is 1. The standard InChI is InChI=1S/C19H18F3N3O5/c20-19(21,22)13-1-6-17(24-7-9-29-10-8-24)16(11-13)23-18(26)12-30-15-4-2-14(3-5-15)25(27)28/h1-6,11H,7-10,12H2,(H,23,26). The number of alkyl halides is 3. The summed E-state index contributed by atoms with van der Waals surface area (Å²) in [6.45, 7) is 1.34. The van der Waals surface area contributed by atoms with Crippen LogP contribution >= 0.6 is 0 Å². The van der Waals surface area contributed by atoms with Crippen LogP contribution in [0.5, 0.6) is 5.75 Å². The fourth-order valence-electron chi connectivity index (χ4n) is 2.89. The summed E-state index contributed by atoms with van der Waals surface area (Å²) in [7, 11) is 0. The largest absolute Gasteiger partial charge is 0.484 e. The van der Waals surface area contributed by atoms with Crippen molar-refractivity contribution in [1.29, 1.82) is 0 Å². The SMILES string of the molecule is O=C(COc1ccc([N+](=O)[O-])cc1)Nc1cc(C(F)(F)F)ccc1N1CCOCC1. The molecule has 1 heterocycles. The van der Waals surface area contributed by atoms with E-state index in [1.165, 1.54) is 30.3 Å². The van der Waals surface area contributed by atoms with E-state index in [9.17, 15) is 28.1 Å². The number of halogens is 3. The van der Waals surface area contributed by atoms with Gasteiger partial charge in [0.2, 0.25) is 0 Å². The number of hydrogen-bond donors (Lipinski definition) is 1. The van der Waals surface area contributed by atoms with Gasteiger partial charge in [-0.05, 0) is 30.3 Å². The number of amides is 1. The van der Waals surface area contributed by atoms with Gasteiger partial charge in [0, 0.05) is 25.2 Å². The molecule has 1 fully saturated rings. The van der Waals surface area contributed by atoms with Crippen molar-refractivity contribution < 1.29 is 32.4 Å². The number of nitro benzene ring substituents is 1. The molecule has 1 saturated heterocycles. The highest BCUT2D eigenvalue weighted by Crippen LogP contribution is 2.35. The van der Waals surface area contributed by atoms with Gasteiger partial charge in [0.1, 0.15) is 5.75 Å². The average molecular weight is 425 g/mol. The van der Waals surface area contributed by atoms with Crippen molar-refractivity contribution in [2.45, 2.75) is 6.18 Å². The van der Waals surface area contributed by atoms with E-state index in [2.05, 4.69) is 5.32 Å². The van der Waals surface area contributed by atoms with E-state index in [4.69, 9.17) is 9.47 Å². The van der Waals surface area contributed by atoms with Crippen LogP contribution in [0.2, 0.25) is 0 Å². The number of carbonyl (C=O) groups excluding carboxylic acids is 1. The molecule has 0 radical (unpaired) electrons. The van der Waals surface area contributed by atoms with Crippen LogP contribution in [0.3, 0.4) is 0 Å². The molecule has 1 amide bonds. The van der Waals surface area contributed by atoms with E-state index < -0.39 is 29.2 Å². The third-order valence-electron chi connectivity index (χ3n) is 4.37. The first-order chi connectivity index (χ1) is 14.2. The van der Waals surface area contributed by atoms with Crippen LogP contribution in [0.4, 0.5) is 30.2 Å². The third-order valence-corrected chi connectivity index (χ3v) is 4.37. The van der Waals surface area contributed by atoms with E-state index in [0.29, 0.717) is 32.0 Å². The van der Waals surface area contributed by atoms with E-state index in [-0.39, 0.29) is 17.1 Å². The molecule has 1 N–H and O–H groups in total. The Hall–Kier alpha value is -3.34. The highest BCUT2D eigenvalue weighted by Gasteiger charge is 2.32. The number of nitro groups is 1. The molecule has 3 rings (SSSR count). The molecule has 30 heavy (non-hydrogen) atoms. The van der Waals surface area contributed by atoms with Crippen molar-refractivity contribution >= 4 is 23.0 Å². The van der Waals surface area contributed by atoms with Gasteiger partial charge in [-0.1, -0.05) is 0 Å². The average Bonchev–Trinajstić information content (AvgIpc) is 2.72. The molecular weight excluding hydrogens is 407 g/mol. The van der Waals surface area contributed by atoms with Crippen molar-refractivity contribution in [3.8, 4) is 5.75 Å². The monoisotopic (exact) mass is 425 g/mol. The smallest absolute Gasteiger partial charge is 0.416 e. The molecule has 2 aromatic carbocycles. The highest BCUT2D eigenvalue weighted by atomic mass is 19.4. The zero-order chi connectivity index (χ0) is 21.7. The van der Waals surface area contributed by atoms with Crippen LogP contribution in [0, 0.1) is 10.1 Å². The molecule has 0 atom stereocenters. The second-order valence-electron chi connectivity index (χ2n) is 6.42. The minimum atomic E-state index is -4.56. The number of rotatable bonds is 6. The first kappa shape index (κ1) is 21.4. The van der Waals surface area contributed by atoms with Crippen molar-refractivity contribution in [1.82, 2.24) is 0 Å². The number of ether oxygens (including phenoxy) is 2. The van der Waals surface area contributed by atoms with E-state index in [0.717, 1.165) is 12.1 Å². The Bertz CT molecular complexity index is 913. The maximum Gasteiger partial charge on any atom is 0.416 e. The molecule has 1 aliphatic heterocycles. The lowest BCUT2D eigenvalue weighted by Gasteiger charge is -2.31. The van der Waals surface area contributed by atoms with Gasteiger partial charge in [0.05, 0.1) is 35.1 Å². The number of benzene rings is 2. The summed E-state index contributed by atoms with van der Waals surface area (Å²) < 4.78 is 49.9.